The van der Waals surface area contributed by atoms with E-state index in [9.17, 15) is 19.5 Å². The number of carbonyl (C=O) groups is 3. The number of thiophene rings is 2. The van der Waals surface area contributed by atoms with Crippen molar-refractivity contribution in [3.05, 3.63) is 92.5 Å². The zero-order chi connectivity index (χ0) is 27.2. The molecule has 0 spiro atoms. The number of methoxy groups -OCH3 is 1. The van der Waals surface area contributed by atoms with Gasteiger partial charge in [0.05, 0.1) is 33.0 Å². The van der Waals surface area contributed by atoms with Crippen LogP contribution in [0, 0.1) is 0 Å². The van der Waals surface area contributed by atoms with E-state index in [1.165, 1.54) is 11.3 Å². The van der Waals surface area contributed by atoms with Crippen LogP contribution >= 0.6 is 22.7 Å². The lowest BCUT2D eigenvalue weighted by Crippen LogP contribution is -2.22. The quantitative estimate of drug-likeness (QED) is 0.181. The van der Waals surface area contributed by atoms with Crippen LogP contribution < -0.4 is 21.2 Å². The van der Waals surface area contributed by atoms with E-state index >= 15 is 0 Å². The average Bonchev–Trinajstić information content (AvgIpc) is 3.58. The molecule has 0 saturated heterocycles. The Morgan fingerprint density at radius 2 is 1.63 bits per heavy atom. The molecule has 2 aromatic carbocycles. The molecule has 2 aromatic heterocycles. The van der Waals surface area contributed by atoms with Gasteiger partial charge in [-0.1, -0.05) is 12.1 Å². The van der Waals surface area contributed by atoms with Gasteiger partial charge >= 0.3 is 0 Å². The van der Waals surface area contributed by atoms with E-state index < -0.39 is 11.8 Å². The number of nitrogens with zero attached hydrogens (tertiary/aromatic N) is 1. The molecular formula is C27H24N4O5S2. The Kier molecular flexibility index (Phi) is 8.19. The molecule has 9 nitrogen and oxygen atoms in total. The van der Waals surface area contributed by atoms with Gasteiger partial charge in [-0.05, 0) is 66.6 Å². The normalized spacial score (nSPS) is 11.2. The van der Waals surface area contributed by atoms with Crippen molar-refractivity contribution in [2.24, 2.45) is 10.8 Å². The zero-order valence-corrected chi connectivity index (χ0v) is 22.1. The minimum atomic E-state index is -0.519. The number of carbonyl (C=O) groups excluding carboxylic acids is 3. The Labute approximate surface area is 226 Å². The minimum absolute atomic E-state index is 0.0787. The van der Waals surface area contributed by atoms with E-state index in [1.54, 1.807) is 55.8 Å². The first kappa shape index (κ1) is 26.6. The van der Waals surface area contributed by atoms with Gasteiger partial charge in [-0.15, -0.1) is 22.7 Å². The van der Waals surface area contributed by atoms with E-state index in [0.717, 1.165) is 28.2 Å². The van der Waals surface area contributed by atoms with Crippen molar-refractivity contribution in [2.45, 2.75) is 13.5 Å². The molecule has 11 heteroatoms. The van der Waals surface area contributed by atoms with Crippen molar-refractivity contribution in [2.75, 3.05) is 7.11 Å². The summed E-state index contributed by atoms with van der Waals surface area (Å²) in [5, 5.41) is 19.4. The van der Waals surface area contributed by atoms with Crippen molar-refractivity contribution in [3.8, 4) is 21.9 Å². The molecule has 0 aliphatic rings. The SMILES string of the molecule is COc1ccc(-c2scc(/C(C)=N/NC(=O)c3ccc(C(=O)NCc4ccc(C(N)=O)cc4)s3)c2O)cc1. The van der Waals surface area contributed by atoms with Crippen LogP contribution in [-0.4, -0.2) is 35.6 Å². The number of hydrogen-bond donors (Lipinski definition) is 4. The summed E-state index contributed by atoms with van der Waals surface area (Å²) in [6.45, 7) is 1.94. The number of hydrazone groups is 1. The predicted molar refractivity (Wildman–Crippen MR) is 148 cm³/mol. The number of nitrogens with one attached hydrogen (secondary N) is 2. The largest absolute Gasteiger partial charge is 0.506 e. The van der Waals surface area contributed by atoms with E-state index in [2.05, 4.69) is 15.8 Å². The first-order valence-corrected chi connectivity index (χ1v) is 13.0. The lowest BCUT2D eigenvalue weighted by Gasteiger charge is -2.05. The molecule has 194 valence electrons. The molecule has 0 saturated carbocycles. The van der Waals surface area contributed by atoms with Crippen molar-refractivity contribution in [1.82, 2.24) is 10.7 Å². The molecular weight excluding hydrogens is 524 g/mol. The molecule has 0 aliphatic carbocycles. The van der Waals surface area contributed by atoms with Crippen molar-refractivity contribution in [3.63, 3.8) is 0 Å². The van der Waals surface area contributed by atoms with Gasteiger partial charge in [-0.3, -0.25) is 14.4 Å². The summed E-state index contributed by atoms with van der Waals surface area (Å²) in [5.41, 5.74) is 10.7. The third-order valence-corrected chi connectivity index (χ3v) is 7.68. The van der Waals surface area contributed by atoms with Crippen molar-refractivity contribution >= 4 is 46.1 Å². The standard InChI is InChI=1S/C27H24N4O5S2/c1-15(20-14-37-24(23(20)32)17-7-9-19(36-2)10-8-17)30-31-27(35)22-12-11-21(38-22)26(34)29-13-16-3-5-18(6-4-16)25(28)33/h3-12,14,32H,13H2,1-2H3,(H2,28,33)(H,29,34)(H,31,35)/b30-15+. The highest BCUT2D eigenvalue weighted by Crippen LogP contribution is 2.39. The maximum Gasteiger partial charge on any atom is 0.281 e. The first-order valence-electron chi connectivity index (χ1n) is 11.3. The molecule has 0 bridgehead atoms. The summed E-state index contributed by atoms with van der Waals surface area (Å²) in [5.74, 6) is -0.525. The molecule has 4 aromatic rings. The topological polar surface area (TPSA) is 143 Å². The summed E-state index contributed by atoms with van der Waals surface area (Å²) in [6, 6.07) is 17.0. The third kappa shape index (κ3) is 6.07. The molecule has 0 radical (unpaired) electrons. The fraction of sp³-hybridized carbons (Fsp3) is 0.111. The number of amides is 3. The van der Waals surface area contributed by atoms with Crippen LogP contribution in [0.25, 0.3) is 10.4 Å². The highest BCUT2D eigenvalue weighted by atomic mass is 32.1. The van der Waals surface area contributed by atoms with Crippen LogP contribution in [-0.2, 0) is 6.54 Å². The van der Waals surface area contributed by atoms with Gasteiger partial charge in [0.2, 0.25) is 5.91 Å². The summed E-state index contributed by atoms with van der Waals surface area (Å²) in [7, 11) is 1.59. The predicted octanol–water partition coefficient (Wildman–Crippen LogP) is 4.37. The first-order chi connectivity index (χ1) is 18.3. The second-order valence-corrected chi connectivity index (χ2v) is 10.1. The highest BCUT2D eigenvalue weighted by Gasteiger charge is 2.17. The summed E-state index contributed by atoms with van der Waals surface area (Å²) < 4.78 is 5.17. The maximum absolute atomic E-state index is 12.6. The van der Waals surface area contributed by atoms with Gasteiger partial charge in [0, 0.05) is 17.5 Å². The number of benzene rings is 2. The Bertz CT molecular complexity index is 1510. The number of ether oxygens (including phenoxy) is 1. The third-order valence-electron chi connectivity index (χ3n) is 5.58. The maximum atomic E-state index is 12.6. The smallest absolute Gasteiger partial charge is 0.281 e. The van der Waals surface area contributed by atoms with Gasteiger partial charge in [0.1, 0.15) is 11.5 Å². The molecule has 0 fully saturated rings. The van der Waals surface area contributed by atoms with Gasteiger partial charge in [0.25, 0.3) is 11.8 Å². The Balaban J connectivity index is 1.36. The van der Waals surface area contributed by atoms with Gasteiger partial charge in [0.15, 0.2) is 0 Å². The second-order valence-electron chi connectivity index (χ2n) is 8.10. The molecule has 4 rings (SSSR count). The molecule has 38 heavy (non-hydrogen) atoms. The van der Waals surface area contributed by atoms with Crippen LogP contribution in [0.15, 0.2) is 71.1 Å². The van der Waals surface area contributed by atoms with Crippen LogP contribution in [0.4, 0.5) is 0 Å². The summed E-state index contributed by atoms with van der Waals surface area (Å²) >= 11 is 2.40. The average molecular weight is 549 g/mol. The molecule has 3 amide bonds. The lowest BCUT2D eigenvalue weighted by atomic mass is 10.1. The number of aromatic hydroxyl groups is 1. The Morgan fingerprint density at radius 1 is 0.974 bits per heavy atom. The molecule has 0 unspecified atom stereocenters. The zero-order valence-electron chi connectivity index (χ0n) is 20.5. The molecule has 2 heterocycles. The Hall–Kier alpha value is -4.48. The van der Waals surface area contributed by atoms with E-state index in [-0.39, 0.29) is 18.2 Å². The molecule has 5 N–H and O–H groups in total. The highest BCUT2D eigenvalue weighted by molar-refractivity contribution is 7.16. The fourth-order valence-corrected chi connectivity index (χ4v) is 5.27. The second kappa shape index (κ2) is 11.7. The van der Waals surface area contributed by atoms with E-state index in [4.69, 9.17) is 10.5 Å². The van der Waals surface area contributed by atoms with Crippen LogP contribution in [0.3, 0.4) is 0 Å². The number of hydrogen-bond acceptors (Lipinski definition) is 8. The number of nitrogens with two attached hydrogens (primary N) is 1. The summed E-state index contributed by atoms with van der Waals surface area (Å²) in [6.07, 6.45) is 0. The van der Waals surface area contributed by atoms with Crippen LogP contribution in [0.5, 0.6) is 11.5 Å². The van der Waals surface area contributed by atoms with E-state index in [1.807, 2.05) is 24.3 Å². The number of rotatable bonds is 9. The fourth-order valence-electron chi connectivity index (χ4n) is 3.44. The number of primary amides is 1. The van der Waals surface area contributed by atoms with Crippen molar-refractivity contribution < 1.29 is 24.2 Å². The van der Waals surface area contributed by atoms with Crippen molar-refractivity contribution in [1.29, 1.82) is 0 Å². The minimum Gasteiger partial charge on any atom is -0.506 e. The Morgan fingerprint density at radius 3 is 2.26 bits per heavy atom. The van der Waals surface area contributed by atoms with Crippen LogP contribution in [0.1, 0.15) is 47.8 Å². The molecule has 0 aliphatic heterocycles. The monoisotopic (exact) mass is 548 g/mol. The summed E-state index contributed by atoms with van der Waals surface area (Å²) in [4.78, 5) is 37.6. The lowest BCUT2D eigenvalue weighted by molar-refractivity contribution is 0.0950. The van der Waals surface area contributed by atoms with Gasteiger partial charge in [-0.25, -0.2) is 5.43 Å². The van der Waals surface area contributed by atoms with Gasteiger partial charge in [-0.2, -0.15) is 5.10 Å². The van der Waals surface area contributed by atoms with Crippen LogP contribution in [0.2, 0.25) is 0 Å². The van der Waals surface area contributed by atoms with E-state index in [0.29, 0.717) is 31.5 Å². The molecule has 0 atom stereocenters. The van der Waals surface area contributed by atoms with Gasteiger partial charge < -0.3 is 20.9 Å².